The minimum Gasteiger partial charge on any atom is -0.495 e. The van der Waals surface area contributed by atoms with Crippen LogP contribution in [0.2, 0.25) is 0 Å². The van der Waals surface area contributed by atoms with E-state index in [0.717, 1.165) is 28.9 Å². The van der Waals surface area contributed by atoms with Gasteiger partial charge in [0.05, 0.1) is 12.8 Å². The third-order valence-electron chi connectivity index (χ3n) is 4.16. The number of carbonyl (C=O) groups excluding carboxylic acids is 1. The van der Waals surface area contributed by atoms with Gasteiger partial charge in [-0.05, 0) is 42.7 Å². The first-order chi connectivity index (χ1) is 13.1. The molecule has 6 nitrogen and oxygen atoms in total. The Kier molecular flexibility index (Phi) is 5.66. The molecule has 2 aromatic carbocycles. The Labute approximate surface area is 158 Å². The smallest absolute Gasteiger partial charge is 0.274 e. The van der Waals surface area contributed by atoms with Crippen molar-refractivity contribution >= 4 is 23.1 Å². The highest BCUT2D eigenvalue weighted by molar-refractivity contribution is 6.03. The molecule has 0 unspecified atom stereocenters. The summed E-state index contributed by atoms with van der Waals surface area (Å²) in [6.45, 7) is 4.04. The Morgan fingerprint density at radius 2 is 1.89 bits per heavy atom. The van der Waals surface area contributed by atoms with Crippen LogP contribution in [0.5, 0.6) is 5.75 Å². The fraction of sp³-hybridized carbons (Fsp3) is 0.190. The third-order valence-corrected chi connectivity index (χ3v) is 4.16. The Balaban J connectivity index is 1.81. The van der Waals surface area contributed by atoms with E-state index in [4.69, 9.17) is 4.74 Å². The van der Waals surface area contributed by atoms with Crippen LogP contribution >= 0.6 is 0 Å². The van der Waals surface area contributed by atoms with E-state index < -0.39 is 0 Å². The standard InChI is InChI=1S/C21H22N4O2/c1-4-15-7-5-6-8-16(15)25-21(26)18-12-20(23-13-22-18)24-17-11-14(2)9-10-19(17)27-3/h5-13H,4H2,1-3H3,(H,25,26)(H,22,23,24). The molecule has 0 aliphatic rings. The van der Waals surface area contributed by atoms with E-state index in [0.29, 0.717) is 11.6 Å². The Morgan fingerprint density at radius 1 is 1.07 bits per heavy atom. The summed E-state index contributed by atoms with van der Waals surface area (Å²) in [7, 11) is 1.61. The number of methoxy groups -OCH3 is 1. The number of ether oxygens (including phenoxy) is 1. The number of aryl methyl sites for hydroxylation is 2. The van der Waals surface area contributed by atoms with Gasteiger partial charge in [-0.25, -0.2) is 9.97 Å². The summed E-state index contributed by atoms with van der Waals surface area (Å²) in [6, 6.07) is 15.1. The van der Waals surface area contributed by atoms with Crippen molar-refractivity contribution in [3.05, 3.63) is 71.7 Å². The molecule has 138 valence electrons. The Bertz CT molecular complexity index is 956. The van der Waals surface area contributed by atoms with Crippen molar-refractivity contribution in [2.75, 3.05) is 17.7 Å². The third kappa shape index (κ3) is 4.41. The molecule has 0 spiro atoms. The summed E-state index contributed by atoms with van der Waals surface area (Å²) in [5, 5.41) is 6.11. The van der Waals surface area contributed by atoms with Crippen molar-refractivity contribution < 1.29 is 9.53 Å². The summed E-state index contributed by atoms with van der Waals surface area (Å²) in [5.74, 6) is 0.933. The zero-order chi connectivity index (χ0) is 19.2. The minimum absolute atomic E-state index is 0.280. The van der Waals surface area contributed by atoms with Crippen LogP contribution in [0.25, 0.3) is 0 Å². The number of carbonyl (C=O) groups is 1. The van der Waals surface area contributed by atoms with E-state index in [2.05, 4.69) is 20.6 Å². The lowest BCUT2D eigenvalue weighted by Crippen LogP contribution is -2.15. The van der Waals surface area contributed by atoms with Crippen molar-refractivity contribution in [1.82, 2.24) is 9.97 Å². The summed E-state index contributed by atoms with van der Waals surface area (Å²) in [6.07, 6.45) is 2.20. The molecule has 0 saturated heterocycles. The maximum Gasteiger partial charge on any atom is 0.274 e. The van der Waals surface area contributed by atoms with Crippen LogP contribution in [-0.4, -0.2) is 23.0 Å². The summed E-state index contributed by atoms with van der Waals surface area (Å²) >= 11 is 0. The Hall–Kier alpha value is -3.41. The predicted molar refractivity (Wildman–Crippen MR) is 107 cm³/mol. The second-order valence-corrected chi connectivity index (χ2v) is 6.08. The largest absolute Gasteiger partial charge is 0.495 e. The van der Waals surface area contributed by atoms with Crippen molar-refractivity contribution in [3.8, 4) is 5.75 Å². The molecule has 1 aromatic heterocycles. The van der Waals surface area contributed by atoms with Crippen LogP contribution in [0.4, 0.5) is 17.2 Å². The molecule has 0 atom stereocenters. The fourth-order valence-corrected chi connectivity index (χ4v) is 2.74. The molecule has 27 heavy (non-hydrogen) atoms. The summed E-state index contributed by atoms with van der Waals surface area (Å²) < 4.78 is 5.37. The van der Waals surface area contributed by atoms with Crippen LogP contribution in [-0.2, 0) is 6.42 Å². The number of nitrogens with zero attached hydrogens (tertiary/aromatic N) is 2. The SMILES string of the molecule is CCc1ccccc1NC(=O)c1cc(Nc2cc(C)ccc2OC)ncn1. The van der Waals surface area contributed by atoms with Crippen molar-refractivity contribution in [1.29, 1.82) is 0 Å². The molecule has 0 bridgehead atoms. The number of nitrogens with one attached hydrogen (secondary N) is 2. The molecule has 6 heteroatoms. The molecule has 1 amide bonds. The zero-order valence-corrected chi connectivity index (χ0v) is 15.6. The van der Waals surface area contributed by atoms with Crippen LogP contribution in [0.3, 0.4) is 0 Å². The van der Waals surface area contributed by atoms with Gasteiger partial charge in [0.25, 0.3) is 5.91 Å². The predicted octanol–water partition coefficient (Wildman–Crippen LogP) is 4.35. The molecule has 1 heterocycles. The van der Waals surface area contributed by atoms with Gasteiger partial charge in [0.2, 0.25) is 0 Å². The van der Waals surface area contributed by atoms with Gasteiger partial charge in [-0.15, -0.1) is 0 Å². The molecule has 0 radical (unpaired) electrons. The molecule has 3 aromatic rings. The second kappa shape index (κ2) is 8.31. The number of hydrogen-bond donors (Lipinski definition) is 2. The first kappa shape index (κ1) is 18.4. The summed E-state index contributed by atoms with van der Waals surface area (Å²) in [5.41, 5.74) is 4.01. The average Bonchev–Trinajstić information content (AvgIpc) is 2.69. The van der Waals surface area contributed by atoms with E-state index in [1.165, 1.54) is 6.33 Å². The molecular weight excluding hydrogens is 340 g/mol. The monoisotopic (exact) mass is 362 g/mol. The van der Waals surface area contributed by atoms with Gasteiger partial charge >= 0.3 is 0 Å². The number of aromatic nitrogens is 2. The van der Waals surface area contributed by atoms with Gasteiger partial charge in [-0.2, -0.15) is 0 Å². The number of benzene rings is 2. The normalized spacial score (nSPS) is 10.3. The van der Waals surface area contributed by atoms with Gasteiger partial charge in [0.1, 0.15) is 23.6 Å². The van der Waals surface area contributed by atoms with Crippen LogP contribution in [0.1, 0.15) is 28.5 Å². The first-order valence-electron chi connectivity index (χ1n) is 8.73. The maximum atomic E-state index is 12.6. The molecule has 0 aliphatic carbocycles. The molecule has 0 saturated carbocycles. The van der Waals surface area contributed by atoms with Gasteiger partial charge in [-0.3, -0.25) is 4.79 Å². The first-order valence-corrected chi connectivity index (χ1v) is 8.73. The molecule has 0 aliphatic heterocycles. The molecule has 2 N–H and O–H groups in total. The molecule has 3 rings (SSSR count). The maximum absolute atomic E-state index is 12.6. The van der Waals surface area contributed by atoms with Crippen molar-refractivity contribution in [3.63, 3.8) is 0 Å². The van der Waals surface area contributed by atoms with Crippen molar-refractivity contribution in [2.24, 2.45) is 0 Å². The second-order valence-electron chi connectivity index (χ2n) is 6.08. The quantitative estimate of drug-likeness (QED) is 0.682. The lowest BCUT2D eigenvalue weighted by Gasteiger charge is -2.12. The van der Waals surface area contributed by atoms with E-state index in [1.54, 1.807) is 13.2 Å². The van der Waals surface area contributed by atoms with Gasteiger partial charge in [-0.1, -0.05) is 31.2 Å². The van der Waals surface area contributed by atoms with Gasteiger partial charge in [0.15, 0.2) is 0 Å². The van der Waals surface area contributed by atoms with E-state index in [-0.39, 0.29) is 11.6 Å². The fourth-order valence-electron chi connectivity index (χ4n) is 2.74. The number of anilines is 3. The van der Waals surface area contributed by atoms with Crippen molar-refractivity contribution in [2.45, 2.75) is 20.3 Å². The van der Waals surface area contributed by atoms with Crippen LogP contribution < -0.4 is 15.4 Å². The highest BCUT2D eigenvalue weighted by Gasteiger charge is 2.12. The lowest BCUT2D eigenvalue weighted by atomic mass is 10.1. The van der Waals surface area contributed by atoms with Crippen LogP contribution in [0, 0.1) is 6.92 Å². The number of rotatable bonds is 6. The zero-order valence-electron chi connectivity index (χ0n) is 15.6. The number of amides is 1. The highest BCUT2D eigenvalue weighted by atomic mass is 16.5. The van der Waals surface area contributed by atoms with Crippen LogP contribution in [0.15, 0.2) is 54.9 Å². The Morgan fingerprint density at radius 3 is 2.67 bits per heavy atom. The average molecular weight is 362 g/mol. The number of hydrogen-bond acceptors (Lipinski definition) is 5. The van der Waals surface area contributed by atoms with E-state index in [9.17, 15) is 4.79 Å². The molecule has 0 fully saturated rings. The lowest BCUT2D eigenvalue weighted by molar-refractivity contribution is 0.102. The molecular formula is C21H22N4O2. The van der Waals surface area contributed by atoms with Gasteiger partial charge < -0.3 is 15.4 Å². The van der Waals surface area contributed by atoms with E-state index in [1.807, 2.05) is 56.3 Å². The minimum atomic E-state index is -0.280. The van der Waals surface area contributed by atoms with E-state index >= 15 is 0 Å². The number of para-hydroxylation sites is 1. The topological polar surface area (TPSA) is 76.1 Å². The highest BCUT2D eigenvalue weighted by Crippen LogP contribution is 2.28. The van der Waals surface area contributed by atoms with Gasteiger partial charge in [0, 0.05) is 11.8 Å². The summed E-state index contributed by atoms with van der Waals surface area (Å²) in [4.78, 5) is 20.9.